The highest BCUT2D eigenvalue weighted by Crippen LogP contribution is 2.10. The van der Waals surface area contributed by atoms with Crippen LogP contribution in [0.25, 0.3) is 0 Å². The van der Waals surface area contributed by atoms with Crippen molar-refractivity contribution >= 4 is 12.0 Å². The molecule has 1 aromatic rings. The van der Waals surface area contributed by atoms with E-state index in [9.17, 15) is 9.59 Å². The van der Waals surface area contributed by atoms with Crippen molar-refractivity contribution in [2.24, 2.45) is 0 Å². The third-order valence-electron chi connectivity index (χ3n) is 2.85. The van der Waals surface area contributed by atoms with Crippen molar-refractivity contribution in [2.45, 2.75) is 32.6 Å². The zero-order chi connectivity index (χ0) is 15.5. The van der Waals surface area contributed by atoms with Crippen LogP contribution in [0.2, 0.25) is 0 Å². The predicted molar refractivity (Wildman–Crippen MR) is 79.3 cm³/mol. The summed E-state index contributed by atoms with van der Waals surface area (Å²) in [5.41, 5.74) is 1.15. The Kier molecular flexibility index (Phi) is 7.71. The fourth-order valence-electron chi connectivity index (χ4n) is 1.66. The molecule has 21 heavy (non-hydrogen) atoms. The summed E-state index contributed by atoms with van der Waals surface area (Å²) in [4.78, 5) is 21.7. The average molecular weight is 294 g/mol. The maximum Gasteiger partial charge on any atom is 0.317 e. The van der Waals surface area contributed by atoms with Crippen molar-refractivity contribution in [1.82, 2.24) is 10.6 Å². The Bertz CT molecular complexity index is 445. The molecule has 0 atom stereocenters. The summed E-state index contributed by atoms with van der Waals surface area (Å²) < 4.78 is 5.37. The molecule has 0 heterocycles. The SMILES string of the molecule is Cc1ccc(OCNC(=O)NCCCCCC(=O)O)cc1. The number of unbranched alkanes of at least 4 members (excludes halogenated alkanes) is 2. The molecule has 0 aromatic heterocycles. The lowest BCUT2D eigenvalue weighted by Gasteiger charge is -2.09. The molecule has 0 saturated carbocycles. The van der Waals surface area contributed by atoms with Crippen LogP contribution in [0.5, 0.6) is 5.75 Å². The van der Waals surface area contributed by atoms with Crippen LogP contribution in [0.4, 0.5) is 4.79 Å². The van der Waals surface area contributed by atoms with Gasteiger partial charge in [-0.1, -0.05) is 24.1 Å². The summed E-state index contributed by atoms with van der Waals surface area (Å²) in [7, 11) is 0. The first-order chi connectivity index (χ1) is 10.1. The summed E-state index contributed by atoms with van der Waals surface area (Å²) in [5.74, 6) is -0.0801. The largest absolute Gasteiger partial charge is 0.481 e. The van der Waals surface area contributed by atoms with E-state index in [2.05, 4.69) is 10.6 Å². The van der Waals surface area contributed by atoms with E-state index in [4.69, 9.17) is 9.84 Å². The lowest BCUT2D eigenvalue weighted by Crippen LogP contribution is -2.38. The first-order valence-corrected chi connectivity index (χ1v) is 7.01. The van der Waals surface area contributed by atoms with Crippen molar-refractivity contribution in [3.05, 3.63) is 29.8 Å². The lowest BCUT2D eigenvalue weighted by atomic mass is 10.2. The maximum atomic E-state index is 11.4. The van der Waals surface area contributed by atoms with Crippen LogP contribution in [0.15, 0.2) is 24.3 Å². The summed E-state index contributed by atoms with van der Waals surface area (Å²) in [6, 6.07) is 7.27. The van der Waals surface area contributed by atoms with Gasteiger partial charge in [0.2, 0.25) is 0 Å². The van der Waals surface area contributed by atoms with Crippen LogP contribution in [-0.2, 0) is 4.79 Å². The quantitative estimate of drug-likeness (QED) is 0.481. The molecule has 6 heteroatoms. The highest BCUT2D eigenvalue weighted by molar-refractivity contribution is 5.73. The minimum Gasteiger partial charge on any atom is -0.481 e. The van der Waals surface area contributed by atoms with Gasteiger partial charge < -0.3 is 20.5 Å². The Hall–Kier alpha value is -2.24. The Morgan fingerprint density at radius 3 is 2.48 bits per heavy atom. The Balaban J connectivity index is 2.01. The zero-order valence-electron chi connectivity index (χ0n) is 12.2. The molecular formula is C15H22N2O4. The number of hydrogen-bond acceptors (Lipinski definition) is 3. The molecule has 2 amide bonds. The van der Waals surface area contributed by atoms with Gasteiger partial charge in [-0.25, -0.2) is 4.79 Å². The molecule has 6 nitrogen and oxygen atoms in total. The fraction of sp³-hybridized carbons (Fsp3) is 0.467. The Labute approximate surface area is 124 Å². The molecule has 3 N–H and O–H groups in total. The normalized spacial score (nSPS) is 9.95. The minimum absolute atomic E-state index is 0.105. The Morgan fingerprint density at radius 2 is 1.81 bits per heavy atom. The number of carbonyl (C=O) groups excluding carboxylic acids is 1. The molecule has 0 bridgehead atoms. The van der Waals surface area contributed by atoms with E-state index in [1.54, 1.807) is 0 Å². The fourth-order valence-corrected chi connectivity index (χ4v) is 1.66. The number of carboxylic acids is 1. The van der Waals surface area contributed by atoms with Gasteiger partial charge in [0.25, 0.3) is 0 Å². The van der Waals surface area contributed by atoms with Gasteiger partial charge in [0.1, 0.15) is 5.75 Å². The molecule has 0 aliphatic heterocycles. The summed E-state index contributed by atoms with van der Waals surface area (Å²) in [5, 5.41) is 13.7. The standard InChI is InChI=1S/C15H22N2O4/c1-12-6-8-13(9-7-12)21-11-17-15(20)16-10-4-2-3-5-14(18)19/h6-9H,2-5,10-11H2,1H3,(H,18,19)(H2,16,17,20). The van der Waals surface area contributed by atoms with E-state index in [-0.39, 0.29) is 19.2 Å². The highest BCUT2D eigenvalue weighted by Gasteiger charge is 2.00. The molecule has 0 fully saturated rings. The van der Waals surface area contributed by atoms with Gasteiger partial charge in [0, 0.05) is 13.0 Å². The third kappa shape index (κ3) is 8.52. The van der Waals surface area contributed by atoms with Crippen LogP contribution in [0.3, 0.4) is 0 Å². The topological polar surface area (TPSA) is 87.7 Å². The monoisotopic (exact) mass is 294 g/mol. The summed E-state index contributed by atoms with van der Waals surface area (Å²) in [6.45, 7) is 2.62. The number of benzene rings is 1. The Morgan fingerprint density at radius 1 is 1.10 bits per heavy atom. The summed E-state index contributed by atoms with van der Waals surface area (Å²) >= 11 is 0. The van der Waals surface area contributed by atoms with Gasteiger partial charge >= 0.3 is 12.0 Å². The van der Waals surface area contributed by atoms with Crippen LogP contribution in [-0.4, -0.2) is 30.4 Å². The van der Waals surface area contributed by atoms with Crippen molar-refractivity contribution in [3.63, 3.8) is 0 Å². The first kappa shape index (κ1) is 16.8. The van der Waals surface area contributed by atoms with Gasteiger partial charge in [-0.2, -0.15) is 0 Å². The number of ether oxygens (including phenoxy) is 1. The second-order valence-corrected chi connectivity index (χ2v) is 4.74. The van der Waals surface area contributed by atoms with E-state index in [1.807, 2.05) is 31.2 Å². The zero-order valence-corrected chi connectivity index (χ0v) is 12.2. The molecule has 1 rings (SSSR count). The second kappa shape index (κ2) is 9.63. The number of hydrogen-bond donors (Lipinski definition) is 3. The van der Waals surface area contributed by atoms with E-state index in [0.29, 0.717) is 18.7 Å². The molecule has 0 spiro atoms. The van der Waals surface area contributed by atoms with Crippen LogP contribution in [0.1, 0.15) is 31.2 Å². The number of urea groups is 1. The highest BCUT2D eigenvalue weighted by atomic mass is 16.5. The van der Waals surface area contributed by atoms with Gasteiger partial charge in [-0.15, -0.1) is 0 Å². The minimum atomic E-state index is -0.783. The number of nitrogens with one attached hydrogen (secondary N) is 2. The average Bonchev–Trinajstić information content (AvgIpc) is 2.44. The molecule has 0 aliphatic rings. The first-order valence-electron chi connectivity index (χ1n) is 7.01. The van der Waals surface area contributed by atoms with E-state index in [0.717, 1.165) is 18.4 Å². The maximum absolute atomic E-state index is 11.4. The second-order valence-electron chi connectivity index (χ2n) is 4.74. The molecule has 0 radical (unpaired) electrons. The smallest absolute Gasteiger partial charge is 0.317 e. The number of aryl methyl sites for hydroxylation is 1. The number of carboxylic acid groups (broad SMARTS) is 1. The molecule has 0 unspecified atom stereocenters. The van der Waals surface area contributed by atoms with Gasteiger partial charge in [-0.3, -0.25) is 4.79 Å². The van der Waals surface area contributed by atoms with Crippen molar-refractivity contribution in [1.29, 1.82) is 0 Å². The van der Waals surface area contributed by atoms with Crippen molar-refractivity contribution in [2.75, 3.05) is 13.3 Å². The molecule has 0 saturated heterocycles. The molecule has 116 valence electrons. The summed E-state index contributed by atoms with van der Waals surface area (Å²) in [6.07, 6.45) is 2.36. The van der Waals surface area contributed by atoms with Crippen molar-refractivity contribution < 1.29 is 19.4 Å². The van der Waals surface area contributed by atoms with Crippen molar-refractivity contribution in [3.8, 4) is 5.75 Å². The van der Waals surface area contributed by atoms with E-state index in [1.165, 1.54) is 0 Å². The predicted octanol–water partition coefficient (Wildman–Crippen LogP) is 2.28. The molecule has 1 aromatic carbocycles. The van der Waals surface area contributed by atoms with Crippen LogP contribution in [0, 0.1) is 6.92 Å². The van der Waals surface area contributed by atoms with Gasteiger partial charge in [0.05, 0.1) is 0 Å². The van der Waals surface area contributed by atoms with E-state index >= 15 is 0 Å². The van der Waals surface area contributed by atoms with E-state index < -0.39 is 5.97 Å². The van der Waals surface area contributed by atoms with Crippen LogP contribution < -0.4 is 15.4 Å². The van der Waals surface area contributed by atoms with Gasteiger partial charge in [-0.05, 0) is 31.9 Å². The number of rotatable bonds is 9. The number of aliphatic carboxylic acids is 1. The van der Waals surface area contributed by atoms with Gasteiger partial charge in [0.15, 0.2) is 6.73 Å². The third-order valence-corrected chi connectivity index (χ3v) is 2.85. The lowest BCUT2D eigenvalue weighted by molar-refractivity contribution is -0.137. The number of carbonyl (C=O) groups is 2. The number of amides is 2. The molecular weight excluding hydrogens is 272 g/mol. The molecule has 0 aliphatic carbocycles. The van der Waals surface area contributed by atoms with Crippen LogP contribution >= 0.6 is 0 Å².